The van der Waals surface area contributed by atoms with E-state index in [9.17, 15) is 4.79 Å². The lowest BCUT2D eigenvalue weighted by atomic mass is 9.97. The molecule has 5 rings (SSSR count). The predicted molar refractivity (Wildman–Crippen MR) is 123 cm³/mol. The zero-order valence-electron chi connectivity index (χ0n) is 17.6. The Labute approximate surface area is 189 Å². The molecule has 0 saturated heterocycles. The number of ether oxygens (including phenoxy) is 2. The molecule has 3 heterocycles. The van der Waals surface area contributed by atoms with Gasteiger partial charge in [-0.3, -0.25) is 9.78 Å². The van der Waals surface area contributed by atoms with Crippen LogP contribution < -0.4 is 15.2 Å². The number of fused-ring (bicyclic) bond motifs is 3. The van der Waals surface area contributed by atoms with Crippen LogP contribution in [0.25, 0.3) is 21.6 Å². The Kier molecular flexibility index (Phi) is 5.45. The molecular formula is C24H22N4O3S. The number of rotatable bonds is 6. The van der Waals surface area contributed by atoms with Gasteiger partial charge in [0.25, 0.3) is 5.91 Å². The van der Waals surface area contributed by atoms with Crippen LogP contribution in [0.1, 0.15) is 30.2 Å². The Bertz CT molecular complexity index is 1270. The molecule has 0 fully saturated rings. The first kappa shape index (κ1) is 20.4. The molecule has 7 nitrogen and oxygen atoms in total. The number of hydrogen-bond donors (Lipinski definition) is 1. The van der Waals surface area contributed by atoms with Gasteiger partial charge >= 0.3 is 0 Å². The van der Waals surface area contributed by atoms with Crippen LogP contribution in [0.3, 0.4) is 0 Å². The van der Waals surface area contributed by atoms with Gasteiger partial charge in [0.15, 0.2) is 11.9 Å². The highest BCUT2D eigenvalue weighted by Gasteiger charge is 2.23. The lowest BCUT2D eigenvalue weighted by Crippen LogP contribution is -2.30. The van der Waals surface area contributed by atoms with Crippen molar-refractivity contribution in [3.63, 3.8) is 0 Å². The van der Waals surface area contributed by atoms with E-state index in [2.05, 4.69) is 4.98 Å². The van der Waals surface area contributed by atoms with Gasteiger partial charge in [-0.05, 0) is 74.6 Å². The quantitative estimate of drug-likeness (QED) is 0.462. The maximum absolute atomic E-state index is 11.2. The summed E-state index contributed by atoms with van der Waals surface area (Å²) in [6, 6.07) is 10.9. The van der Waals surface area contributed by atoms with Gasteiger partial charge in [-0.1, -0.05) is 0 Å². The van der Waals surface area contributed by atoms with Crippen molar-refractivity contribution in [1.82, 2.24) is 15.0 Å². The summed E-state index contributed by atoms with van der Waals surface area (Å²) in [6.45, 7) is 1.62. The van der Waals surface area contributed by atoms with Gasteiger partial charge in [-0.25, -0.2) is 4.98 Å². The number of aromatic nitrogens is 3. The summed E-state index contributed by atoms with van der Waals surface area (Å²) in [4.78, 5) is 27.4. The molecule has 1 atom stereocenters. The summed E-state index contributed by atoms with van der Waals surface area (Å²) >= 11 is 1.73. The predicted octanol–water partition coefficient (Wildman–Crippen LogP) is 4.68. The van der Waals surface area contributed by atoms with E-state index in [-0.39, 0.29) is 0 Å². The van der Waals surface area contributed by atoms with Crippen molar-refractivity contribution in [2.45, 2.75) is 38.7 Å². The van der Waals surface area contributed by atoms with E-state index in [1.807, 2.05) is 12.1 Å². The minimum absolute atomic E-state index is 0.515. The van der Waals surface area contributed by atoms with Gasteiger partial charge in [-0.15, -0.1) is 11.3 Å². The summed E-state index contributed by atoms with van der Waals surface area (Å²) in [5.41, 5.74) is 7.42. The molecule has 32 heavy (non-hydrogen) atoms. The number of hydrogen-bond acceptors (Lipinski definition) is 7. The van der Waals surface area contributed by atoms with Crippen molar-refractivity contribution < 1.29 is 14.3 Å². The second-order valence-corrected chi connectivity index (χ2v) is 8.80. The number of nitrogens with two attached hydrogens (primary N) is 1. The highest BCUT2D eigenvalue weighted by atomic mass is 32.1. The fraction of sp³-hybridized carbons (Fsp3) is 0.250. The number of pyridine rings is 1. The molecule has 162 valence electrons. The van der Waals surface area contributed by atoms with Crippen LogP contribution in [0.5, 0.6) is 17.4 Å². The SMILES string of the molecule is CC(Oc1ccc(Oc2nc(-c3cccnc3)nc3sc4c(c23)CCCC4)cc1)C(N)=O. The first-order valence-corrected chi connectivity index (χ1v) is 11.4. The monoisotopic (exact) mass is 446 g/mol. The van der Waals surface area contributed by atoms with Crippen molar-refractivity contribution in [2.24, 2.45) is 5.73 Å². The maximum atomic E-state index is 11.2. The van der Waals surface area contributed by atoms with Gasteiger partial charge in [0.1, 0.15) is 16.3 Å². The molecular weight excluding hydrogens is 424 g/mol. The number of benzene rings is 1. The molecule has 0 spiro atoms. The summed E-state index contributed by atoms with van der Waals surface area (Å²) < 4.78 is 11.8. The molecule has 0 aliphatic heterocycles. The van der Waals surface area contributed by atoms with Crippen molar-refractivity contribution in [2.75, 3.05) is 0 Å². The molecule has 2 N–H and O–H groups in total. The van der Waals surface area contributed by atoms with Crippen molar-refractivity contribution in [1.29, 1.82) is 0 Å². The maximum Gasteiger partial charge on any atom is 0.258 e. The average Bonchev–Trinajstić information content (AvgIpc) is 3.19. The molecule has 0 saturated carbocycles. The average molecular weight is 447 g/mol. The van der Waals surface area contributed by atoms with Crippen LogP contribution in [-0.4, -0.2) is 27.0 Å². The number of carbonyl (C=O) groups is 1. The molecule has 0 bridgehead atoms. The van der Waals surface area contributed by atoms with Crippen LogP contribution in [0, 0.1) is 0 Å². The number of primary amides is 1. The third kappa shape index (κ3) is 4.01. The highest BCUT2D eigenvalue weighted by Crippen LogP contribution is 2.41. The van der Waals surface area contributed by atoms with E-state index < -0.39 is 12.0 Å². The number of aryl methyl sites for hydroxylation is 2. The molecule has 3 aromatic heterocycles. The molecule has 4 aromatic rings. The third-order valence-corrected chi connectivity index (χ3v) is 6.64. The Morgan fingerprint density at radius 2 is 1.88 bits per heavy atom. The lowest BCUT2D eigenvalue weighted by molar-refractivity contribution is -0.123. The van der Waals surface area contributed by atoms with Crippen molar-refractivity contribution in [3.8, 4) is 28.8 Å². The van der Waals surface area contributed by atoms with Gasteiger partial charge in [0, 0.05) is 22.8 Å². The number of carbonyl (C=O) groups excluding carboxylic acids is 1. The van der Waals surface area contributed by atoms with Crippen LogP contribution in [0.2, 0.25) is 0 Å². The van der Waals surface area contributed by atoms with E-state index in [1.54, 1.807) is 54.9 Å². The Balaban J connectivity index is 1.53. The largest absolute Gasteiger partial charge is 0.481 e. The molecule has 0 radical (unpaired) electrons. The van der Waals surface area contributed by atoms with Gasteiger partial charge < -0.3 is 15.2 Å². The molecule has 1 aliphatic rings. The summed E-state index contributed by atoms with van der Waals surface area (Å²) in [6.07, 6.45) is 7.22. The van der Waals surface area contributed by atoms with Gasteiger partial charge in [0.05, 0.1) is 5.39 Å². The molecule has 1 amide bonds. The second-order valence-electron chi connectivity index (χ2n) is 7.72. The molecule has 1 aliphatic carbocycles. The summed E-state index contributed by atoms with van der Waals surface area (Å²) in [5, 5.41) is 1.00. The topological polar surface area (TPSA) is 100 Å². The minimum atomic E-state index is -0.706. The van der Waals surface area contributed by atoms with Gasteiger partial charge in [-0.2, -0.15) is 4.98 Å². The van der Waals surface area contributed by atoms with E-state index >= 15 is 0 Å². The Morgan fingerprint density at radius 1 is 1.09 bits per heavy atom. The van der Waals surface area contributed by atoms with E-state index in [0.29, 0.717) is 23.2 Å². The zero-order chi connectivity index (χ0) is 22.1. The highest BCUT2D eigenvalue weighted by molar-refractivity contribution is 7.18. The smallest absolute Gasteiger partial charge is 0.258 e. The Morgan fingerprint density at radius 3 is 2.62 bits per heavy atom. The van der Waals surface area contributed by atoms with Crippen molar-refractivity contribution >= 4 is 27.5 Å². The molecule has 8 heteroatoms. The Hall–Kier alpha value is -3.52. The van der Waals surface area contributed by atoms with Crippen molar-refractivity contribution in [3.05, 3.63) is 59.2 Å². The fourth-order valence-electron chi connectivity index (χ4n) is 3.78. The van der Waals surface area contributed by atoms with Gasteiger partial charge in [0.2, 0.25) is 5.88 Å². The van der Waals surface area contributed by atoms with E-state index in [1.165, 1.54) is 16.9 Å². The normalized spacial score (nSPS) is 14.0. The summed E-state index contributed by atoms with van der Waals surface area (Å²) in [7, 11) is 0. The summed E-state index contributed by atoms with van der Waals surface area (Å²) in [5.74, 6) is 1.79. The zero-order valence-corrected chi connectivity index (χ0v) is 18.4. The minimum Gasteiger partial charge on any atom is -0.481 e. The fourth-order valence-corrected chi connectivity index (χ4v) is 5.03. The number of nitrogens with zero attached hydrogens (tertiary/aromatic N) is 3. The lowest BCUT2D eigenvalue weighted by Gasteiger charge is -2.14. The first-order chi connectivity index (χ1) is 15.6. The van der Waals surface area contributed by atoms with Crippen LogP contribution in [-0.2, 0) is 17.6 Å². The van der Waals surface area contributed by atoms with Crippen LogP contribution in [0.15, 0.2) is 48.8 Å². The van der Waals surface area contributed by atoms with Crippen LogP contribution >= 0.6 is 11.3 Å². The number of amides is 1. The van der Waals surface area contributed by atoms with E-state index in [0.717, 1.165) is 35.0 Å². The third-order valence-electron chi connectivity index (χ3n) is 5.45. The first-order valence-electron chi connectivity index (χ1n) is 10.5. The van der Waals surface area contributed by atoms with Crippen LogP contribution in [0.4, 0.5) is 0 Å². The standard InChI is InChI=1S/C24H22N4O3S/c1-14(21(25)29)30-16-8-10-17(11-9-16)31-23-20-18-6-2-3-7-19(18)32-24(20)28-22(27-23)15-5-4-12-26-13-15/h4-5,8-14H,2-3,6-7H2,1H3,(H2,25,29). The number of thiophene rings is 1. The molecule has 1 aromatic carbocycles. The van der Waals surface area contributed by atoms with E-state index in [4.69, 9.17) is 25.2 Å². The second kappa shape index (κ2) is 8.55. The molecule has 1 unspecified atom stereocenters.